The highest BCUT2D eigenvalue weighted by atomic mass is 127. The highest BCUT2D eigenvalue weighted by molar-refractivity contribution is 14.0. The number of hydrogen-bond acceptors (Lipinski definition) is 4. The van der Waals surface area contributed by atoms with Gasteiger partial charge in [0.2, 0.25) is 0 Å². The van der Waals surface area contributed by atoms with Crippen molar-refractivity contribution in [1.82, 2.24) is 15.1 Å². The second-order valence-electron chi connectivity index (χ2n) is 7.93. The van der Waals surface area contributed by atoms with E-state index in [0.717, 1.165) is 51.2 Å². The molecule has 2 heterocycles. The summed E-state index contributed by atoms with van der Waals surface area (Å²) in [5, 5.41) is 13.0. The number of aliphatic hydroxyl groups excluding tert-OH is 1. The maximum absolute atomic E-state index is 14.3. The van der Waals surface area contributed by atoms with Gasteiger partial charge < -0.3 is 20.1 Å². The minimum Gasteiger partial charge on any atom is -0.396 e. The van der Waals surface area contributed by atoms with Crippen LogP contribution >= 0.6 is 24.0 Å². The number of ether oxygens (including phenoxy) is 1. The minimum absolute atomic E-state index is 0. The Bertz CT molecular complexity index is 705. The van der Waals surface area contributed by atoms with Crippen LogP contribution in [0.5, 0.6) is 0 Å². The molecule has 6 nitrogen and oxygen atoms in total. The molecule has 170 valence electrons. The molecular formula is C21H33F2IN4O2. The second kappa shape index (κ2) is 11.5. The molecule has 3 rings (SSSR count). The van der Waals surface area contributed by atoms with E-state index in [1.165, 1.54) is 6.07 Å². The summed E-state index contributed by atoms with van der Waals surface area (Å²) in [6.07, 6.45) is 0.760. The maximum Gasteiger partial charge on any atom is 0.194 e. The summed E-state index contributed by atoms with van der Waals surface area (Å²) in [5.41, 5.74) is 0.299. The predicted octanol–water partition coefficient (Wildman–Crippen LogP) is 2.63. The van der Waals surface area contributed by atoms with Crippen molar-refractivity contribution in [2.45, 2.75) is 26.3 Å². The van der Waals surface area contributed by atoms with Gasteiger partial charge in [0, 0.05) is 50.4 Å². The molecule has 2 saturated heterocycles. The lowest BCUT2D eigenvalue weighted by molar-refractivity contribution is -0.130. The van der Waals surface area contributed by atoms with Crippen molar-refractivity contribution in [1.29, 1.82) is 0 Å². The molecule has 0 amide bonds. The number of aliphatic imine (C=N–C) groups is 1. The summed E-state index contributed by atoms with van der Waals surface area (Å²) >= 11 is 0. The predicted molar refractivity (Wildman–Crippen MR) is 124 cm³/mol. The lowest BCUT2D eigenvalue weighted by Gasteiger charge is -2.41. The van der Waals surface area contributed by atoms with E-state index in [-0.39, 0.29) is 42.0 Å². The summed E-state index contributed by atoms with van der Waals surface area (Å²) < 4.78 is 32.8. The fourth-order valence-electron chi connectivity index (χ4n) is 3.98. The Morgan fingerprint density at radius 1 is 1.23 bits per heavy atom. The second-order valence-corrected chi connectivity index (χ2v) is 7.93. The molecule has 1 unspecified atom stereocenters. The van der Waals surface area contributed by atoms with Crippen molar-refractivity contribution in [2.24, 2.45) is 10.4 Å². The first-order chi connectivity index (χ1) is 14.0. The van der Waals surface area contributed by atoms with E-state index < -0.39 is 11.6 Å². The van der Waals surface area contributed by atoms with Crippen molar-refractivity contribution < 1.29 is 18.6 Å². The van der Waals surface area contributed by atoms with E-state index in [2.05, 4.69) is 15.1 Å². The molecule has 1 aromatic rings. The molecule has 0 aromatic heterocycles. The van der Waals surface area contributed by atoms with Gasteiger partial charge in [-0.1, -0.05) is 13.0 Å². The molecule has 9 heteroatoms. The van der Waals surface area contributed by atoms with Crippen LogP contribution in [0.1, 0.15) is 31.9 Å². The number of halogens is 3. The molecule has 0 saturated carbocycles. The van der Waals surface area contributed by atoms with Crippen LogP contribution in [0.3, 0.4) is 0 Å². The minimum atomic E-state index is -0.546. The molecule has 1 aromatic carbocycles. The Morgan fingerprint density at radius 3 is 2.43 bits per heavy atom. The zero-order chi connectivity index (χ0) is 20.9. The third-order valence-electron chi connectivity index (χ3n) is 5.81. The molecule has 0 bridgehead atoms. The topological polar surface area (TPSA) is 60.3 Å². The Balaban J connectivity index is 0.00000320. The average Bonchev–Trinajstić information content (AvgIpc) is 2.69. The van der Waals surface area contributed by atoms with E-state index >= 15 is 0 Å². The standard InChI is InChI=1S/C21H32F2N4O2.HI/c1-3-19(17-6-5-16(22)11-18(17)23)26-7-9-27(10-8-26)20(24-4-2)25-12-21(13-28)14-29-15-21;/h5-6,11,19,28H,3-4,7-10,12-15H2,1-2H3,(H,24,25);1H. The fraction of sp³-hybridized carbons (Fsp3) is 0.667. The van der Waals surface area contributed by atoms with Gasteiger partial charge in [-0.2, -0.15) is 0 Å². The third-order valence-corrected chi connectivity index (χ3v) is 5.81. The quantitative estimate of drug-likeness (QED) is 0.318. The van der Waals surface area contributed by atoms with Gasteiger partial charge in [-0.25, -0.2) is 8.78 Å². The van der Waals surface area contributed by atoms with Gasteiger partial charge in [-0.15, -0.1) is 24.0 Å². The number of nitrogens with zero attached hydrogens (tertiary/aromatic N) is 3. The van der Waals surface area contributed by atoms with Gasteiger partial charge in [0.05, 0.1) is 31.8 Å². The molecule has 0 spiro atoms. The first-order valence-corrected chi connectivity index (χ1v) is 10.4. The van der Waals surface area contributed by atoms with Gasteiger partial charge in [-0.3, -0.25) is 9.89 Å². The summed E-state index contributed by atoms with van der Waals surface area (Å²) in [6.45, 7) is 9.60. The van der Waals surface area contributed by atoms with Crippen LogP contribution < -0.4 is 5.32 Å². The number of rotatable bonds is 7. The fourth-order valence-corrected chi connectivity index (χ4v) is 3.98. The SMILES string of the molecule is CCNC(=NCC1(CO)COC1)N1CCN(C(CC)c2ccc(F)cc2F)CC1.I. The Morgan fingerprint density at radius 2 is 1.93 bits per heavy atom. The molecule has 1 atom stereocenters. The molecule has 0 radical (unpaired) electrons. The lowest BCUT2D eigenvalue weighted by Crippen LogP contribution is -2.54. The molecule has 2 aliphatic rings. The van der Waals surface area contributed by atoms with Crippen LogP contribution in [0.15, 0.2) is 23.2 Å². The average molecular weight is 538 g/mol. The summed E-state index contributed by atoms with van der Waals surface area (Å²) in [4.78, 5) is 9.21. The highest BCUT2D eigenvalue weighted by Gasteiger charge is 2.38. The zero-order valence-electron chi connectivity index (χ0n) is 17.7. The Labute approximate surface area is 194 Å². The highest BCUT2D eigenvalue weighted by Crippen LogP contribution is 2.29. The molecule has 0 aliphatic carbocycles. The molecule has 2 fully saturated rings. The van der Waals surface area contributed by atoms with E-state index in [1.54, 1.807) is 6.07 Å². The van der Waals surface area contributed by atoms with Gasteiger partial charge in [0.25, 0.3) is 0 Å². The number of hydrogen-bond donors (Lipinski definition) is 2. The van der Waals surface area contributed by atoms with Crippen LogP contribution in [0.2, 0.25) is 0 Å². The van der Waals surface area contributed by atoms with Crippen LogP contribution in [0, 0.1) is 17.0 Å². The van der Waals surface area contributed by atoms with Crippen LogP contribution in [0.25, 0.3) is 0 Å². The van der Waals surface area contributed by atoms with Gasteiger partial charge in [0.15, 0.2) is 5.96 Å². The van der Waals surface area contributed by atoms with Crippen molar-refractivity contribution in [2.75, 3.05) is 59.1 Å². The summed E-state index contributed by atoms with van der Waals surface area (Å²) in [7, 11) is 0. The largest absolute Gasteiger partial charge is 0.396 e. The van der Waals surface area contributed by atoms with Crippen molar-refractivity contribution in [3.63, 3.8) is 0 Å². The first kappa shape index (κ1) is 25.2. The number of nitrogens with one attached hydrogen (secondary N) is 1. The van der Waals surface area contributed by atoms with Crippen molar-refractivity contribution in [3.8, 4) is 0 Å². The number of guanidine groups is 1. The van der Waals surface area contributed by atoms with E-state index in [9.17, 15) is 13.9 Å². The van der Waals surface area contributed by atoms with E-state index in [4.69, 9.17) is 9.73 Å². The number of aliphatic hydroxyl groups is 1. The number of piperazine rings is 1. The van der Waals surface area contributed by atoms with Crippen LogP contribution in [-0.4, -0.2) is 80.0 Å². The van der Waals surface area contributed by atoms with Crippen LogP contribution in [-0.2, 0) is 4.74 Å². The van der Waals surface area contributed by atoms with Crippen molar-refractivity contribution >= 4 is 29.9 Å². The summed E-state index contributed by atoms with van der Waals surface area (Å²) in [6, 6.07) is 3.79. The van der Waals surface area contributed by atoms with Crippen LogP contribution in [0.4, 0.5) is 8.78 Å². The van der Waals surface area contributed by atoms with E-state index in [0.29, 0.717) is 25.3 Å². The van der Waals surface area contributed by atoms with Gasteiger partial charge >= 0.3 is 0 Å². The third kappa shape index (κ3) is 5.80. The lowest BCUT2D eigenvalue weighted by atomic mass is 9.87. The first-order valence-electron chi connectivity index (χ1n) is 10.4. The zero-order valence-corrected chi connectivity index (χ0v) is 20.1. The van der Waals surface area contributed by atoms with Gasteiger partial charge in [0.1, 0.15) is 11.6 Å². The monoisotopic (exact) mass is 538 g/mol. The Kier molecular flexibility index (Phi) is 9.70. The smallest absolute Gasteiger partial charge is 0.194 e. The Hall–Kier alpha value is -1.04. The van der Waals surface area contributed by atoms with Gasteiger partial charge in [-0.05, 0) is 19.4 Å². The van der Waals surface area contributed by atoms with Crippen molar-refractivity contribution in [3.05, 3.63) is 35.4 Å². The molecule has 2 N–H and O–H groups in total. The number of benzene rings is 1. The molecular weight excluding hydrogens is 505 g/mol. The summed E-state index contributed by atoms with van der Waals surface area (Å²) in [5.74, 6) is -0.186. The van der Waals surface area contributed by atoms with E-state index in [1.807, 2.05) is 13.8 Å². The molecule has 30 heavy (non-hydrogen) atoms. The maximum atomic E-state index is 14.3. The molecule has 2 aliphatic heterocycles. The normalized spacial score (nSPS) is 20.3.